The van der Waals surface area contributed by atoms with Crippen LogP contribution in [0.15, 0.2) is 12.7 Å². The van der Waals surface area contributed by atoms with Crippen LogP contribution in [0.1, 0.15) is 25.7 Å². The van der Waals surface area contributed by atoms with Crippen LogP contribution < -0.4 is 16.6 Å². The van der Waals surface area contributed by atoms with Gasteiger partial charge in [0.15, 0.2) is 0 Å². The number of nitrogens with one attached hydrogen (secondary N) is 2. The molecule has 4 rings (SSSR count). The molecule has 2 aromatic rings. The summed E-state index contributed by atoms with van der Waals surface area (Å²) in [6.07, 6.45) is 8.13. The number of rotatable bonds is 6. The minimum absolute atomic E-state index is 0.309. The van der Waals surface area contributed by atoms with E-state index in [0.717, 1.165) is 11.8 Å². The van der Waals surface area contributed by atoms with E-state index >= 15 is 0 Å². The van der Waals surface area contributed by atoms with Crippen molar-refractivity contribution in [3.05, 3.63) is 12.7 Å². The molecule has 0 aromatic carbocycles. The second-order valence-electron chi connectivity index (χ2n) is 5.61. The minimum Gasteiger partial charge on any atom is -0.351 e. The van der Waals surface area contributed by atoms with Gasteiger partial charge in [-0.05, 0) is 37.5 Å². The van der Waals surface area contributed by atoms with Crippen molar-refractivity contribution in [2.45, 2.75) is 31.7 Å². The van der Waals surface area contributed by atoms with E-state index in [1.165, 1.54) is 36.7 Å². The number of nitrogens with two attached hydrogens (primary N) is 1. The lowest BCUT2D eigenvalue weighted by Crippen LogP contribution is -2.26. The number of nitrogen functional groups attached to an aromatic ring is 1. The van der Waals surface area contributed by atoms with Gasteiger partial charge in [-0.2, -0.15) is 24.7 Å². The lowest BCUT2D eigenvalue weighted by atomic mass is 10.1. The summed E-state index contributed by atoms with van der Waals surface area (Å²) in [4.78, 5) is 16.8. The maximum Gasteiger partial charge on any atom is 0.258 e. The summed E-state index contributed by atoms with van der Waals surface area (Å²) in [5, 5.41) is 7.49. The zero-order valence-corrected chi connectivity index (χ0v) is 11.5. The monoisotopic (exact) mass is 287 g/mol. The molecule has 21 heavy (non-hydrogen) atoms. The molecule has 2 saturated carbocycles. The van der Waals surface area contributed by atoms with Crippen LogP contribution in [0.3, 0.4) is 0 Å². The average Bonchev–Trinajstić information content (AvgIpc) is 3.44. The fourth-order valence-electron chi connectivity index (χ4n) is 2.59. The van der Waals surface area contributed by atoms with Gasteiger partial charge >= 0.3 is 0 Å². The topological polar surface area (TPSA) is 119 Å². The predicted molar refractivity (Wildman–Crippen MR) is 75.4 cm³/mol. The van der Waals surface area contributed by atoms with Crippen molar-refractivity contribution < 1.29 is 0 Å². The third-order valence-electron chi connectivity index (χ3n) is 3.93. The highest BCUT2D eigenvalue weighted by molar-refractivity contribution is 5.38. The Morgan fingerprint density at radius 3 is 2.38 bits per heavy atom. The van der Waals surface area contributed by atoms with Gasteiger partial charge in [0, 0.05) is 6.04 Å². The Kier molecular flexibility index (Phi) is 2.92. The first-order chi connectivity index (χ1) is 10.3. The summed E-state index contributed by atoms with van der Waals surface area (Å²) in [7, 11) is 0. The van der Waals surface area contributed by atoms with Gasteiger partial charge in [-0.1, -0.05) is 0 Å². The number of anilines is 2. The molecule has 0 spiro atoms. The van der Waals surface area contributed by atoms with Gasteiger partial charge in [-0.25, -0.2) is 10.8 Å². The van der Waals surface area contributed by atoms with E-state index in [1.54, 1.807) is 6.33 Å². The first-order valence-corrected chi connectivity index (χ1v) is 7.18. The molecule has 9 nitrogen and oxygen atoms in total. The molecule has 2 fully saturated rings. The van der Waals surface area contributed by atoms with Crippen molar-refractivity contribution in [2.24, 2.45) is 17.7 Å². The predicted octanol–water partition coefficient (Wildman–Crippen LogP) is 0.338. The van der Waals surface area contributed by atoms with Crippen LogP contribution in [0.2, 0.25) is 0 Å². The second-order valence-corrected chi connectivity index (χ2v) is 5.61. The molecule has 4 N–H and O–H groups in total. The summed E-state index contributed by atoms with van der Waals surface area (Å²) in [6.45, 7) is 0. The fourth-order valence-corrected chi connectivity index (χ4v) is 2.59. The minimum atomic E-state index is 0.309. The Morgan fingerprint density at radius 1 is 1.10 bits per heavy atom. The molecule has 9 heteroatoms. The van der Waals surface area contributed by atoms with Crippen LogP contribution in [0.25, 0.3) is 5.95 Å². The number of hydrazine groups is 1. The summed E-state index contributed by atoms with van der Waals surface area (Å²) in [6, 6.07) is 0.460. The Morgan fingerprint density at radius 2 is 1.81 bits per heavy atom. The molecule has 2 aromatic heterocycles. The van der Waals surface area contributed by atoms with Gasteiger partial charge in [0.25, 0.3) is 5.95 Å². The molecular weight excluding hydrogens is 270 g/mol. The van der Waals surface area contributed by atoms with E-state index in [0.29, 0.717) is 23.9 Å². The van der Waals surface area contributed by atoms with Gasteiger partial charge < -0.3 is 5.32 Å². The molecule has 0 radical (unpaired) electrons. The molecule has 110 valence electrons. The van der Waals surface area contributed by atoms with Gasteiger partial charge in [0.05, 0.1) is 0 Å². The zero-order chi connectivity index (χ0) is 14.2. The SMILES string of the molecule is NNc1nc(NC(C2CC2)C2CC2)nc(-n2cncn2)n1. The molecule has 2 heterocycles. The first kappa shape index (κ1) is 12.5. The van der Waals surface area contributed by atoms with Crippen molar-refractivity contribution in [1.82, 2.24) is 29.7 Å². The van der Waals surface area contributed by atoms with Gasteiger partial charge in [0.1, 0.15) is 12.7 Å². The molecular formula is C12H17N9. The summed E-state index contributed by atoms with van der Waals surface area (Å²) in [5.41, 5.74) is 2.47. The first-order valence-electron chi connectivity index (χ1n) is 7.18. The lowest BCUT2D eigenvalue weighted by Gasteiger charge is -2.18. The van der Waals surface area contributed by atoms with E-state index < -0.39 is 0 Å². The zero-order valence-electron chi connectivity index (χ0n) is 11.5. The normalized spacial score (nSPS) is 18.0. The van der Waals surface area contributed by atoms with E-state index in [2.05, 4.69) is 35.8 Å². The molecule has 0 saturated heterocycles. The molecule has 2 aliphatic rings. The van der Waals surface area contributed by atoms with Crippen molar-refractivity contribution in [3.8, 4) is 5.95 Å². The second kappa shape index (κ2) is 4.92. The average molecular weight is 287 g/mol. The quantitative estimate of drug-likeness (QED) is 0.514. The van der Waals surface area contributed by atoms with Crippen LogP contribution in [0.4, 0.5) is 11.9 Å². The summed E-state index contributed by atoms with van der Waals surface area (Å²) >= 11 is 0. The van der Waals surface area contributed by atoms with E-state index in [4.69, 9.17) is 5.84 Å². The third-order valence-corrected chi connectivity index (χ3v) is 3.93. The molecule has 0 aliphatic heterocycles. The highest BCUT2D eigenvalue weighted by atomic mass is 15.4. The standard InChI is InChI=1S/C12H17N9/c13-20-11-17-10(16-9(7-1-2-7)8-3-4-8)18-12(19-11)21-6-14-5-15-21/h5-9H,1-4,13H2,(H2,16,17,18,19,20). The lowest BCUT2D eigenvalue weighted by molar-refractivity contribution is 0.562. The van der Waals surface area contributed by atoms with Crippen LogP contribution in [-0.2, 0) is 0 Å². The van der Waals surface area contributed by atoms with Crippen LogP contribution in [0, 0.1) is 11.8 Å². The number of hydrogen-bond acceptors (Lipinski definition) is 8. The van der Waals surface area contributed by atoms with Gasteiger partial charge in [-0.15, -0.1) is 0 Å². The largest absolute Gasteiger partial charge is 0.351 e. The van der Waals surface area contributed by atoms with Crippen molar-refractivity contribution >= 4 is 11.9 Å². The maximum atomic E-state index is 5.44. The number of hydrogen-bond donors (Lipinski definition) is 3. The molecule has 0 unspecified atom stereocenters. The Balaban J connectivity index is 1.62. The molecule has 0 bridgehead atoms. The number of nitrogens with zero attached hydrogens (tertiary/aromatic N) is 6. The summed E-state index contributed by atoms with van der Waals surface area (Å²) in [5.74, 6) is 8.17. The molecule has 2 aliphatic carbocycles. The Bertz CT molecular complexity index is 606. The summed E-state index contributed by atoms with van der Waals surface area (Å²) < 4.78 is 1.48. The van der Waals surface area contributed by atoms with Gasteiger partial charge in [-0.3, -0.25) is 5.43 Å². The maximum absolute atomic E-state index is 5.44. The van der Waals surface area contributed by atoms with E-state index in [9.17, 15) is 0 Å². The Hall–Kier alpha value is -2.29. The Labute approximate surface area is 121 Å². The third kappa shape index (κ3) is 2.64. The fraction of sp³-hybridized carbons (Fsp3) is 0.583. The van der Waals surface area contributed by atoms with Crippen LogP contribution in [-0.4, -0.2) is 35.8 Å². The highest BCUT2D eigenvalue weighted by Gasteiger charge is 2.41. The molecule has 0 amide bonds. The highest BCUT2D eigenvalue weighted by Crippen LogP contribution is 2.45. The van der Waals surface area contributed by atoms with Crippen molar-refractivity contribution in [2.75, 3.05) is 10.7 Å². The van der Waals surface area contributed by atoms with Gasteiger partial charge in [0.2, 0.25) is 11.9 Å². The molecule has 0 atom stereocenters. The van der Waals surface area contributed by atoms with Crippen molar-refractivity contribution in [3.63, 3.8) is 0 Å². The van der Waals surface area contributed by atoms with Crippen molar-refractivity contribution in [1.29, 1.82) is 0 Å². The smallest absolute Gasteiger partial charge is 0.258 e. The van der Waals surface area contributed by atoms with Crippen LogP contribution >= 0.6 is 0 Å². The van der Waals surface area contributed by atoms with Crippen LogP contribution in [0.5, 0.6) is 0 Å². The van der Waals surface area contributed by atoms with E-state index in [1.807, 2.05) is 0 Å². The number of aromatic nitrogens is 6. The van der Waals surface area contributed by atoms with E-state index in [-0.39, 0.29) is 0 Å².